The number of hydrogen-bond acceptors (Lipinski definition) is 4. The molecule has 0 atom stereocenters. The lowest BCUT2D eigenvalue weighted by Gasteiger charge is -2.06. The summed E-state index contributed by atoms with van der Waals surface area (Å²) in [7, 11) is 0. The summed E-state index contributed by atoms with van der Waals surface area (Å²) in [4.78, 5) is 17.2. The number of halogens is 2. The number of thiazole rings is 1. The number of ether oxygens (including phenoxy) is 1. The summed E-state index contributed by atoms with van der Waals surface area (Å²) in [5, 5.41) is 0.508. The molecule has 0 bridgehead atoms. The zero-order valence-corrected chi connectivity index (χ0v) is 13.3. The Kier molecular flexibility index (Phi) is 4.96. The average Bonchev–Trinajstić information content (AvgIpc) is 2.78. The van der Waals surface area contributed by atoms with Gasteiger partial charge in [0.25, 0.3) is 0 Å². The van der Waals surface area contributed by atoms with Gasteiger partial charge in [0, 0.05) is 20.8 Å². The summed E-state index contributed by atoms with van der Waals surface area (Å²) in [6.07, 6.45) is 0.681. The van der Waals surface area contributed by atoms with Gasteiger partial charge in [-0.25, -0.2) is 9.78 Å². The predicted molar refractivity (Wildman–Crippen MR) is 80.0 cm³/mol. The molecule has 19 heavy (non-hydrogen) atoms. The SMILES string of the molecule is Cc1ncsc1CCOC(=O)c1cc(Cl)ccc1Br. The van der Waals surface area contributed by atoms with Crippen molar-refractivity contribution < 1.29 is 9.53 Å². The number of hydrogen-bond donors (Lipinski definition) is 0. The number of benzene rings is 1. The molecule has 100 valence electrons. The lowest BCUT2D eigenvalue weighted by atomic mass is 10.2. The van der Waals surface area contributed by atoms with Crippen LogP contribution in [0.15, 0.2) is 28.2 Å². The van der Waals surface area contributed by atoms with Gasteiger partial charge in [0.2, 0.25) is 0 Å². The van der Waals surface area contributed by atoms with Gasteiger partial charge in [-0.15, -0.1) is 11.3 Å². The molecule has 1 aromatic heterocycles. The van der Waals surface area contributed by atoms with E-state index in [4.69, 9.17) is 16.3 Å². The van der Waals surface area contributed by atoms with Crippen molar-refractivity contribution in [2.24, 2.45) is 0 Å². The number of esters is 1. The van der Waals surface area contributed by atoms with Crippen molar-refractivity contribution >= 4 is 44.8 Å². The maximum Gasteiger partial charge on any atom is 0.339 e. The molecule has 0 spiro atoms. The maximum absolute atomic E-state index is 11.9. The minimum absolute atomic E-state index is 0.334. The second kappa shape index (κ2) is 6.50. The van der Waals surface area contributed by atoms with Crippen molar-refractivity contribution in [2.75, 3.05) is 6.61 Å². The van der Waals surface area contributed by atoms with Gasteiger partial charge in [0.15, 0.2) is 0 Å². The molecule has 0 unspecified atom stereocenters. The highest BCUT2D eigenvalue weighted by Gasteiger charge is 2.12. The molecule has 0 N–H and O–H groups in total. The van der Waals surface area contributed by atoms with Crippen molar-refractivity contribution in [3.8, 4) is 0 Å². The fourth-order valence-corrected chi connectivity index (χ4v) is 2.88. The average molecular weight is 361 g/mol. The summed E-state index contributed by atoms with van der Waals surface area (Å²) < 4.78 is 5.92. The Morgan fingerprint density at radius 2 is 2.32 bits per heavy atom. The molecule has 2 rings (SSSR count). The van der Waals surface area contributed by atoms with Gasteiger partial charge in [0.1, 0.15) is 0 Å². The van der Waals surface area contributed by atoms with E-state index in [2.05, 4.69) is 20.9 Å². The summed E-state index contributed by atoms with van der Waals surface area (Å²) in [6.45, 7) is 2.28. The van der Waals surface area contributed by atoms with Crippen LogP contribution in [0.25, 0.3) is 0 Å². The van der Waals surface area contributed by atoms with E-state index in [1.807, 2.05) is 6.92 Å². The maximum atomic E-state index is 11.9. The van der Waals surface area contributed by atoms with E-state index in [1.165, 1.54) is 0 Å². The number of aromatic nitrogens is 1. The van der Waals surface area contributed by atoms with Crippen molar-refractivity contribution in [2.45, 2.75) is 13.3 Å². The Labute approximate surface area is 128 Å². The summed E-state index contributed by atoms with van der Waals surface area (Å²) in [5.74, 6) is -0.378. The molecule has 6 heteroatoms. The van der Waals surface area contributed by atoms with Gasteiger partial charge in [-0.1, -0.05) is 11.6 Å². The Bertz CT molecular complexity index is 600. The van der Waals surface area contributed by atoms with Crippen molar-refractivity contribution in [1.29, 1.82) is 0 Å². The Morgan fingerprint density at radius 3 is 3.00 bits per heavy atom. The van der Waals surface area contributed by atoms with Gasteiger partial charge < -0.3 is 4.74 Å². The van der Waals surface area contributed by atoms with Crippen LogP contribution in [0.4, 0.5) is 0 Å². The molecule has 0 saturated heterocycles. The summed E-state index contributed by atoms with van der Waals surface area (Å²) in [5.41, 5.74) is 3.22. The fourth-order valence-electron chi connectivity index (χ4n) is 1.53. The van der Waals surface area contributed by atoms with Crippen LogP contribution in [0, 0.1) is 6.92 Å². The molecule has 0 radical (unpaired) electrons. The monoisotopic (exact) mass is 359 g/mol. The van der Waals surface area contributed by atoms with E-state index < -0.39 is 0 Å². The van der Waals surface area contributed by atoms with E-state index in [1.54, 1.807) is 35.0 Å². The number of carbonyl (C=O) groups excluding carboxylic acids is 1. The molecule has 0 aliphatic rings. The fraction of sp³-hybridized carbons (Fsp3) is 0.231. The lowest BCUT2D eigenvalue weighted by Crippen LogP contribution is -2.08. The largest absolute Gasteiger partial charge is 0.462 e. The molecule has 0 aliphatic heterocycles. The second-order valence-corrected chi connectivity index (χ2v) is 6.10. The lowest BCUT2D eigenvalue weighted by molar-refractivity contribution is 0.0508. The first kappa shape index (κ1) is 14.5. The summed E-state index contributed by atoms with van der Waals surface area (Å²) in [6, 6.07) is 5.03. The first-order valence-electron chi connectivity index (χ1n) is 5.59. The Morgan fingerprint density at radius 1 is 1.53 bits per heavy atom. The number of carbonyl (C=O) groups is 1. The van der Waals surface area contributed by atoms with Crippen LogP contribution in [-0.4, -0.2) is 17.6 Å². The first-order valence-corrected chi connectivity index (χ1v) is 7.64. The van der Waals surface area contributed by atoms with Crippen LogP contribution in [-0.2, 0) is 11.2 Å². The minimum atomic E-state index is -0.378. The Hall–Kier alpha value is -0.910. The van der Waals surface area contributed by atoms with Gasteiger partial charge in [0.05, 0.1) is 23.4 Å². The van der Waals surface area contributed by atoms with E-state index in [9.17, 15) is 4.79 Å². The van der Waals surface area contributed by atoms with Gasteiger partial charge in [-0.2, -0.15) is 0 Å². The number of rotatable bonds is 4. The normalized spacial score (nSPS) is 10.5. The van der Waals surface area contributed by atoms with E-state index in [-0.39, 0.29) is 5.97 Å². The molecule has 0 aliphatic carbocycles. The molecule has 1 aromatic carbocycles. The highest BCUT2D eigenvalue weighted by atomic mass is 79.9. The molecule has 2 aromatic rings. The van der Waals surface area contributed by atoms with Crippen LogP contribution in [0.1, 0.15) is 20.9 Å². The highest BCUT2D eigenvalue weighted by Crippen LogP contribution is 2.22. The molecular formula is C13H11BrClNO2S. The third-order valence-corrected chi connectivity index (χ3v) is 4.48. The third kappa shape index (κ3) is 3.78. The van der Waals surface area contributed by atoms with Crippen LogP contribution in [0.2, 0.25) is 5.02 Å². The van der Waals surface area contributed by atoms with Crippen molar-refractivity contribution in [1.82, 2.24) is 4.98 Å². The van der Waals surface area contributed by atoms with Crippen LogP contribution in [0.5, 0.6) is 0 Å². The van der Waals surface area contributed by atoms with E-state index in [0.717, 1.165) is 10.6 Å². The summed E-state index contributed by atoms with van der Waals surface area (Å²) >= 11 is 10.7. The second-order valence-electron chi connectivity index (χ2n) is 3.87. The van der Waals surface area contributed by atoms with Gasteiger partial charge in [-0.3, -0.25) is 0 Å². The number of aryl methyl sites for hydroxylation is 1. The van der Waals surface area contributed by atoms with Crippen LogP contribution < -0.4 is 0 Å². The quantitative estimate of drug-likeness (QED) is 0.764. The van der Waals surface area contributed by atoms with E-state index in [0.29, 0.717) is 28.1 Å². The van der Waals surface area contributed by atoms with Crippen molar-refractivity contribution in [3.63, 3.8) is 0 Å². The topological polar surface area (TPSA) is 39.2 Å². The van der Waals surface area contributed by atoms with Gasteiger partial charge in [-0.05, 0) is 41.1 Å². The molecule has 0 fully saturated rings. The van der Waals surface area contributed by atoms with Crippen molar-refractivity contribution in [3.05, 3.63) is 49.3 Å². The highest BCUT2D eigenvalue weighted by molar-refractivity contribution is 9.10. The molecule has 3 nitrogen and oxygen atoms in total. The van der Waals surface area contributed by atoms with Crippen LogP contribution >= 0.6 is 38.9 Å². The standard InChI is InChI=1S/C13H11BrClNO2S/c1-8-12(19-7-16-8)4-5-18-13(17)10-6-9(15)2-3-11(10)14/h2-3,6-7H,4-5H2,1H3. The molecule has 0 saturated carbocycles. The zero-order chi connectivity index (χ0) is 13.8. The smallest absolute Gasteiger partial charge is 0.339 e. The minimum Gasteiger partial charge on any atom is -0.462 e. The zero-order valence-electron chi connectivity index (χ0n) is 10.2. The molecular weight excluding hydrogens is 350 g/mol. The molecule has 0 amide bonds. The number of nitrogens with zero attached hydrogens (tertiary/aromatic N) is 1. The predicted octanol–water partition coefficient (Wildman–Crippen LogP) is 4.27. The Balaban J connectivity index is 1.94. The van der Waals surface area contributed by atoms with E-state index >= 15 is 0 Å². The third-order valence-electron chi connectivity index (χ3n) is 2.56. The van der Waals surface area contributed by atoms with Crippen LogP contribution in [0.3, 0.4) is 0 Å². The molecule has 1 heterocycles. The first-order chi connectivity index (χ1) is 9.08. The van der Waals surface area contributed by atoms with Gasteiger partial charge >= 0.3 is 5.97 Å².